The Morgan fingerprint density at radius 2 is 1.81 bits per heavy atom. The van der Waals surface area contributed by atoms with Gasteiger partial charge in [-0.3, -0.25) is 0 Å². The number of nitrogens with two attached hydrogens (primary N) is 1. The molecular weight excluding hydrogens is 308 g/mol. The second-order valence-electron chi connectivity index (χ2n) is 4.75. The van der Waals surface area contributed by atoms with Crippen molar-refractivity contribution in [3.05, 3.63) is 59.1 Å². The van der Waals surface area contributed by atoms with Gasteiger partial charge < -0.3 is 5.73 Å². The highest BCUT2D eigenvalue weighted by Crippen LogP contribution is 2.26. The van der Waals surface area contributed by atoms with Crippen molar-refractivity contribution in [3.8, 4) is 0 Å². The van der Waals surface area contributed by atoms with Crippen LogP contribution in [0.15, 0.2) is 53.4 Å². The molecule has 2 aromatic carbocycles. The first-order valence-corrected chi connectivity index (χ1v) is 8.28. The van der Waals surface area contributed by atoms with E-state index in [0.29, 0.717) is 18.7 Å². The van der Waals surface area contributed by atoms with Gasteiger partial charge in [0.05, 0.1) is 5.02 Å². The standard InChI is InChI=1S/C15H17ClN2O2S/c1-18(10-9-12-5-3-2-4-6-12)21(19,20)15-11-13(17)7-8-14(15)16/h2-8,11H,9-10,17H2,1H3. The monoisotopic (exact) mass is 324 g/mol. The lowest BCUT2D eigenvalue weighted by Crippen LogP contribution is -2.29. The van der Waals surface area contributed by atoms with Crippen molar-refractivity contribution < 1.29 is 8.42 Å². The van der Waals surface area contributed by atoms with Crippen LogP contribution in [0.1, 0.15) is 5.56 Å². The van der Waals surface area contributed by atoms with Crippen molar-refractivity contribution in [2.45, 2.75) is 11.3 Å². The summed E-state index contributed by atoms with van der Waals surface area (Å²) in [6, 6.07) is 14.2. The maximum atomic E-state index is 12.5. The van der Waals surface area contributed by atoms with E-state index < -0.39 is 10.0 Å². The zero-order chi connectivity index (χ0) is 15.5. The van der Waals surface area contributed by atoms with Gasteiger partial charge in [-0.25, -0.2) is 12.7 Å². The quantitative estimate of drug-likeness (QED) is 0.860. The minimum Gasteiger partial charge on any atom is -0.399 e. The van der Waals surface area contributed by atoms with Crippen molar-refractivity contribution in [1.82, 2.24) is 4.31 Å². The van der Waals surface area contributed by atoms with E-state index in [4.69, 9.17) is 17.3 Å². The maximum absolute atomic E-state index is 12.5. The molecule has 0 atom stereocenters. The smallest absolute Gasteiger partial charge is 0.244 e. The minimum absolute atomic E-state index is 0.0414. The number of rotatable bonds is 5. The summed E-state index contributed by atoms with van der Waals surface area (Å²) in [4.78, 5) is 0.0414. The SMILES string of the molecule is CN(CCc1ccccc1)S(=O)(=O)c1cc(N)ccc1Cl. The number of nitrogen functional groups attached to an aromatic ring is 1. The lowest BCUT2D eigenvalue weighted by Gasteiger charge is -2.18. The van der Waals surface area contributed by atoms with Crippen LogP contribution in [0.2, 0.25) is 5.02 Å². The molecule has 0 aliphatic carbocycles. The third kappa shape index (κ3) is 3.75. The molecule has 0 bridgehead atoms. The number of benzene rings is 2. The zero-order valence-electron chi connectivity index (χ0n) is 11.7. The summed E-state index contributed by atoms with van der Waals surface area (Å²) in [5.41, 5.74) is 7.10. The molecule has 0 fully saturated rings. The number of anilines is 1. The fourth-order valence-corrected chi connectivity index (χ4v) is 3.61. The first-order chi connectivity index (χ1) is 9.91. The van der Waals surface area contributed by atoms with E-state index in [-0.39, 0.29) is 9.92 Å². The second-order valence-corrected chi connectivity index (χ2v) is 7.17. The van der Waals surface area contributed by atoms with Crippen LogP contribution < -0.4 is 5.73 Å². The van der Waals surface area contributed by atoms with E-state index in [1.54, 1.807) is 6.07 Å². The molecular formula is C15H17ClN2O2S. The summed E-state index contributed by atoms with van der Waals surface area (Å²) in [7, 11) is -2.10. The Morgan fingerprint density at radius 1 is 1.14 bits per heavy atom. The van der Waals surface area contributed by atoms with E-state index in [0.717, 1.165) is 5.56 Å². The molecule has 0 aliphatic rings. The molecule has 112 valence electrons. The normalized spacial score (nSPS) is 11.8. The Labute approximate surface area is 130 Å². The average Bonchev–Trinajstić information content (AvgIpc) is 2.48. The third-order valence-corrected chi connectivity index (χ3v) is 5.54. The van der Waals surface area contributed by atoms with Gasteiger partial charge >= 0.3 is 0 Å². The highest BCUT2D eigenvalue weighted by Gasteiger charge is 2.23. The molecule has 0 saturated carbocycles. The number of hydrogen-bond donors (Lipinski definition) is 1. The zero-order valence-corrected chi connectivity index (χ0v) is 13.2. The molecule has 2 N–H and O–H groups in total. The van der Waals surface area contributed by atoms with Crippen molar-refractivity contribution >= 4 is 27.3 Å². The van der Waals surface area contributed by atoms with Crippen molar-refractivity contribution in [2.75, 3.05) is 19.3 Å². The summed E-state index contributed by atoms with van der Waals surface area (Å²) < 4.78 is 26.3. The van der Waals surface area contributed by atoms with Gasteiger partial charge in [-0.15, -0.1) is 0 Å². The highest BCUT2D eigenvalue weighted by atomic mass is 35.5. The van der Waals surface area contributed by atoms with E-state index in [1.807, 2.05) is 30.3 Å². The van der Waals surface area contributed by atoms with Gasteiger partial charge in [-0.05, 0) is 30.2 Å². The topological polar surface area (TPSA) is 63.4 Å². The molecule has 0 radical (unpaired) electrons. The second kappa shape index (κ2) is 6.47. The largest absolute Gasteiger partial charge is 0.399 e. The van der Waals surface area contributed by atoms with E-state index in [9.17, 15) is 8.42 Å². The number of likely N-dealkylation sites (N-methyl/N-ethyl adjacent to an activating group) is 1. The molecule has 0 spiro atoms. The first kappa shape index (κ1) is 15.8. The maximum Gasteiger partial charge on any atom is 0.244 e. The summed E-state index contributed by atoms with van der Waals surface area (Å²) >= 11 is 5.98. The summed E-state index contributed by atoms with van der Waals surface area (Å²) in [6.07, 6.45) is 0.635. The Bertz CT molecular complexity index is 718. The van der Waals surface area contributed by atoms with Crippen molar-refractivity contribution in [1.29, 1.82) is 0 Å². The fourth-order valence-electron chi connectivity index (χ4n) is 1.94. The van der Waals surface area contributed by atoms with Gasteiger partial charge in [0.15, 0.2) is 0 Å². The molecule has 2 rings (SSSR count). The molecule has 4 nitrogen and oxygen atoms in total. The predicted octanol–water partition coefficient (Wildman–Crippen LogP) is 2.79. The van der Waals surface area contributed by atoms with Gasteiger partial charge in [-0.2, -0.15) is 0 Å². The molecule has 0 saturated heterocycles. The van der Waals surface area contributed by atoms with Crippen LogP contribution in [-0.2, 0) is 16.4 Å². The van der Waals surface area contributed by atoms with Crippen LogP contribution in [0.3, 0.4) is 0 Å². The Morgan fingerprint density at radius 3 is 2.48 bits per heavy atom. The van der Waals surface area contributed by atoms with Gasteiger partial charge in [0.25, 0.3) is 0 Å². The molecule has 0 aliphatic heterocycles. The molecule has 21 heavy (non-hydrogen) atoms. The molecule has 6 heteroatoms. The average molecular weight is 325 g/mol. The van der Waals surface area contributed by atoms with E-state index >= 15 is 0 Å². The van der Waals surface area contributed by atoms with Gasteiger partial charge in [-0.1, -0.05) is 41.9 Å². The minimum atomic E-state index is -3.64. The van der Waals surface area contributed by atoms with Gasteiger partial charge in [0, 0.05) is 19.3 Å². The Kier molecular flexibility index (Phi) is 4.88. The van der Waals surface area contributed by atoms with Crippen LogP contribution in [0.25, 0.3) is 0 Å². The summed E-state index contributed by atoms with van der Waals surface area (Å²) in [5.74, 6) is 0. The van der Waals surface area contributed by atoms with Crippen molar-refractivity contribution in [2.24, 2.45) is 0 Å². The number of halogens is 1. The van der Waals surface area contributed by atoms with Crippen molar-refractivity contribution in [3.63, 3.8) is 0 Å². The van der Waals surface area contributed by atoms with Crippen LogP contribution in [0, 0.1) is 0 Å². The number of nitrogens with zero attached hydrogens (tertiary/aromatic N) is 1. The fraction of sp³-hybridized carbons (Fsp3) is 0.200. The molecule has 0 heterocycles. The summed E-state index contributed by atoms with van der Waals surface area (Å²) in [5, 5.41) is 0.177. The lowest BCUT2D eigenvalue weighted by molar-refractivity contribution is 0.472. The number of sulfonamides is 1. The molecule has 2 aromatic rings. The Hall–Kier alpha value is -1.56. The van der Waals surface area contributed by atoms with E-state index in [1.165, 1.54) is 23.5 Å². The molecule has 0 aromatic heterocycles. The van der Waals surface area contributed by atoms with Gasteiger partial charge in [0.2, 0.25) is 10.0 Å². The van der Waals surface area contributed by atoms with Gasteiger partial charge in [0.1, 0.15) is 4.90 Å². The number of hydrogen-bond acceptors (Lipinski definition) is 3. The van der Waals surface area contributed by atoms with Crippen LogP contribution in [0.4, 0.5) is 5.69 Å². The van der Waals surface area contributed by atoms with Crippen LogP contribution >= 0.6 is 11.6 Å². The summed E-state index contributed by atoms with van der Waals surface area (Å²) in [6.45, 7) is 0.372. The third-order valence-electron chi connectivity index (χ3n) is 3.20. The lowest BCUT2D eigenvalue weighted by atomic mass is 10.2. The predicted molar refractivity (Wildman–Crippen MR) is 85.8 cm³/mol. The van der Waals surface area contributed by atoms with Crippen LogP contribution in [0.5, 0.6) is 0 Å². The first-order valence-electron chi connectivity index (χ1n) is 6.46. The van der Waals surface area contributed by atoms with Crippen LogP contribution in [-0.4, -0.2) is 26.3 Å². The van der Waals surface area contributed by atoms with E-state index in [2.05, 4.69) is 0 Å². The molecule has 0 unspecified atom stereocenters. The molecule has 0 amide bonds. The highest BCUT2D eigenvalue weighted by molar-refractivity contribution is 7.89. The Balaban J connectivity index is 2.17.